The molecule has 0 aliphatic rings. The summed E-state index contributed by atoms with van der Waals surface area (Å²) in [5.41, 5.74) is -0.00286. The molecule has 1 aromatic rings. The predicted octanol–water partition coefficient (Wildman–Crippen LogP) is -0.450. The van der Waals surface area contributed by atoms with E-state index in [1.807, 2.05) is 0 Å². The van der Waals surface area contributed by atoms with Crippen LogP contribution >= 0.6 is 0 Å². The van der Waals surface area contributed by atoms with Gasteiger partial charge in [0.15, 0.2) is 0 Å². The van der Waals surface area contributed by atoms with E-state index in [-0.39, 0.29) is 10.6 Å². The maximum atomic E-state index is 11.5. The van der Waals surface area contributed by atoms with Gasteiger partial charge in [-0.1, -0.05) is 6.07 Å². The van der Waals surface area contributed by atoms with Crippen molar-refractivity contribution in [3.8, 4) is 0 Å². The first-order valence-corrected chi connectivity index (χ1v) is 8.15. The van der Waals surface area contributed by atoms with Gasteiger partial charge in [0.1, 0.15) is 0 Å². The van der Waals surface area contributed by atoms with Gasteiger partial charge >= 0.3 is 5.97 Å². The van der Waals surface area contributed by atoms with E-state index in [0.717, 1.165) is 6.07 Å². The summed E-state index contributed by atoms with van der Waals surface area (Å²) in [5.74, 6) is -1.86. The Labute approximate surface area is 110 Å². The third kappa shape index (κ3) is 5.24. The zero-order valence-corrected chi connectivity index (χ0v) is 11.2. The van der Waals surface area contributed by atoms with Crippen LogP contribution in [-0.2, 0) is 24.8 Å². The number of carboxylic acids is 1. The van der Waals surface area contributed by atoms with Crippen molar-refractivity contribution in [2.75, 3.05) is 10.5 Å². The van der Waals surface area contributed by atoms with Gasteiger partial charge in [0.05, 0.1) is 17.1 Å². The minimum absolute atomic E-state index is 0.00286. The fourth-order valence-corrected chi connectivity index (χ4v) is 2.78. The second-order valence-electron chi connectivity index (χ2n) is 3.64. The highest BCUT2D eigenvalue weighted by Crippen LogP contribution is 2.15. The Balaban J connectivity index is 2.91. The summed E-state index contributed by atoms with van der Waals surface area (Å²) in [6, 6.07) is 4.90. The lowest BCUT2D eigenvalue weighted by atomic mass is 10.3. The zero-order valence-electron chi connectivity index (χ0n) is 9.61. The van der Waals surface area contributed by atoms with E-state index >= 15 is 0 Å². The van der Waals surface area contributed by atoms with Gasteiger partial charge in [0, 0.05) is 5.69 Å². The molecule has 19 heavy (non-hydrogen) atoms. The average molecular weight is 308 g/mol. The highest BCUT2D eigenvalue weighted by Gasteiger charge is 2.14. The number of hydrogen-bond donors (Lipinski definition) is 3. The van der Waals surface area contributed by atoms with Crippen molar-refractivity contribution in [1.82, 2.24) is 0 Å². The van der Waals surface area contributed by atoms with Crippen LogP contribution in [0.5, 0.6) is 0 Å². The fraction of sp³-hybridized carbons (Fsp3) is 0.222. The molecule has 8 nitrogen and oxygen atoms in total. The second kappa shape index (κ2) is 5.55. The first-order chi connectivity index (χ1) is 8.60. The van der Waals surface area contributed by atoms with Gasteiger partial charge in [-0.25, -0.2) is 22.0 Å². The molecule has 0 aliphatic heterocycles. The molecular weight excluding hydrogens is 296 g/mol. The summed E-state index contributed by atoms with van der Waals surface area (Å²) in [7, 11) is -7.79. The summed E-state index contributed by atoms with van der Waals surface area (Å²) in [4.78, 5) is 10.1. The van der Waals surface area contributed by atoms with E-state index in [1.54, 1.807) is 0 Å². The molecule has 0 atom stereocenters. The number of benzene rings is 1. The third-order valence-corrected chi connectivity index (χ3v) is 4.22. The first-order valence-electron chi connectivity index (χ1n) is 4.95. The number of carbonyl (C=O) groups is 1. The summed E-state index contributed by atoms with van der Waals surface area (Å²) in [6.07, 6.45) is -0.551. The number of anilines is 1. The molecule has 0 unspecified atom stereocenters. The number of primary sulfonamides is 1. The average Bonchev–Trinajstić information content (AvgIpc) is 2.25. The fourth-order valence-electron chi connectivity index (χ4n) is 1.19. The number of rotatable bonds is 6. The Hall–Kier alpha value is -1.65. The van der Waals surface area contributed by atoms with Crippen molar-refractivity contribution in [3.05, 3.63) is 24.3 Å². The van der Waals surface area contributed by atoms with Crippen LogP contribution in [-0.4, -0.2) is 33.7 Å². The Morgan fingerprint density at radius 1 is 1.26 bits per heavy atom. The SMILES string of the molecule is NS(=O)(=O)c1cccc(NS(=O)(=O)CCC(=O)O)c1. The summed E-state index contributed by atoms with van der Waals surface area (Å²) >= 11 is 0. The highest BCUT2D eigenvalue weighted by molar-refractivity contribution is 7.92. The highest BCUT2D eigenvalue weighted by atomic mass is 32.2. The summed E-state index contributed by atoms with van der Waals surface area (Å²) in [6.45, 7) is 0. The normalized spacial score (nSPS) is 12.1. The number of hydrogen-bond acceptors (Lipinski definition) is 5. The van der Waals surface area contributed by atoms with Crippen LogP contribution in [0.25, 0.3) is 0 Å². The van der Waals surface area contributed by atoms with E-state index in [0.29, 0.717) is 0 Å². The molecule has 4 N–H and O–H groups in total. The minimum atomic E-state index is -3.94. The summed E-state index contributed by atoms with van der Waals surface area (Å²) in [5, 5.41) is 13.3. The van der Waals surface area contributed by atoms with Crippen molar-refractivity contribution in [3.63, 3.8) is 0 Å². The van der Waals surface area contributed by atoms with Gasteiger partial charge in [0.25, 0.3) is 0 Å². The van der Waals surface area contributed by atoms with Gasteiger partial charge in [-0.15, -0.1) is 0 Å². The quantitative estimate of drug-likeness (QED) is 0.649. The van der Waals surface area contributed by atoms with Crippen molar-refractivity contribution in [2.24, 2.45) is 5.14 Å². The lowest BCUT2D eigenvalue weighted by Crippen LogP contribution is -2.19. The number of sulfonamides is 2. The molecule has 0 amide bonds. The lowest BCUT2D eigenvalue weighted by molar-refractivity contribution is -0.136. The van der Waals surface area contributed by atoms with Crippen molar-refractivity contribution < 1.29 is 26.7 Å². The lowest BCUT2D eigenvalue weighted by Gasteiger charge is -2.08. The molecule has 1 aromatic carbocycles. The van der Waals surface area contributed by atoms with Crippen LogP contribution in [0.2, 0.25) is 0 Å². The van der Waals surface area contributed by atoms with Gasteiger partial charge in [0.2, 0.25) is 20.0 Å². The summed E-state index contributed by atoms with van der Waals surface area (Å²) < 4.78 is 47.3. The van der Waals surface area contributed by atoms with Crippen LogP contribution in [0, 0.1) is 0 Å². The maximum Gasteiger partial charge on any atom is 0.304 e. The first kappa shape index (κ1) is 15.4. The second-order valence-corrected chi connectivity index (χ2v) is 7.04. The molecule has 0 bridgehead atoms. The van der Waals surface area contributed by atoms with Gasteiger partial charge in [-0.3, -0.25) is 9.52 Å². The van der Waals surface area contributed by atoms with Gasteiger partial charge < -0.3 is 5.11 Å². The Kier molecular flexibility index (Phi) is 4.50. The van der Waals surface area contributed by atoms with Gasteiger partial charge in [-0.2, -0.15) is 0 Å². The number of aliphatic carboxylic acids is 1. The monoisotopic (exact) mass is 308 g/mol. The minimum Gasteiger partial charge on any atom is -0.481 e. The largest absolute Gasteiger partial charge is 0.481 e. The Morgan fingerprint density at radius 3 is 2.42 bits per heavy atom. The van der Waals surface area contributed by atoms with E-state index in [9.17, 15) is 21.6 Å². The van der Waals surface area contributed by atoms with Crippen molar-refractivity contribution >= 4 is 31.7 Å². The molecule has 1 rings (SSSR count). The van der Waals surface area contributed by atoms with E-state index in [1.165, 1.54) is 18.2 Å². The van der Waals surface area contributed by atoms with Gasteiger partial charge in [-0.05, 0) is 18.2 Å². The topological polar surface area (TPSA) is 144 Å². The van der Waals surface area contributed by atoms with Crippen molar-refractivity contribution in [2.45, 2.75) is 11.3 Å². The van der Waals surface area contributed by atoms with Crippen LogP contribution in [0.1, 0.15) is 6.42 Å². The number of nitrogens with one attached hydrogen (secondary N) is 1. The molecule has 0 saturated carbocycles. The standard InChI is InChI=1S/C9H12N2O6S2/c10-19(16,17)8-3-1-2-7(6-8)11-18(14,15)5-4-9(12)13/h1-3,6,11H,4-5H2,(H,12,13)(H2,10,16,17). The molecule has 0 heterocycles. The predicted molar refractivity (Wildman–Crippen MR) is 67.5 cm³/mol. The molecule has 0 saturated heterocycles. The zero-order chi connectivity index (χ0) is 14.7. The van der Waals surface area contributed by atoms with E-state index < -0.39 is 38.2 Å². The Morgan fingerprint density at radius 2 is 1.89 bits per heavy atom. The molecule has 0 spiro atoms. The van der Waals surface area contributed by atoms with E-state index in [4.69, 9.17) is 10.2 Å². The van der Waals surface area contributed by atoms with Crippen molar-refractivity contribution in [1.29, 1.82) is 0 Å². The van der Waals surface area contributed by atoms with Crippen LogP contribution in [0.4, 0.5) is 5.69 Å². The number of nitrogens with two attached hydrogens (primary N) is 1. The molecule has 0 fully saturated rings. The van der Waals surface area contributed by atoms with Crippen LogP contribution in [0.15, 0.2) is 29.2 Å². The maximum absolute atomic E-state index is 11.5. The van der Waals surface area contributed by atoms with Crippen LogP contribution < -0.4 is 9.86 Å². The molecule has 0 aliphatic carbocycles. The molecule has 106 valence electrons. The number of carboxylic acid groups (broad SMARTS) is 1. The molecule has 0 radical (unpaired) electrons. The smallest absolute Gasteiger partial charge is 0.304 e. The third-order valence-electron chi connectivity index (χ3n) is 2.02. The molecule has 0 aromatic heterocycles. The van der Waals surface area contributed by atoms with Crippen LogP contribution in [0.3, 0.4) is 0 Å². The Bertz CT molecular complexity index is 680. The van der Waals surface area contributed by atoms with E-state index in [2.05, 4.69) is 4.72 Å². The molecule has 10 heteroatoms. The molecular formula is C9H12N2O6S2.